The van der Waals surface area contributed by atoms with Crippen LogP contribution in [-0.2, 0) is 26.4 Å². The van der Waals surface area contributed by atoms with Crippen molar-refractivity contribution in [2.45, 2.75) is 16.3 Å². The molecule has 0 atom stereocenters. The lowest BCUT2D eigenvalue weighted by atomic mass is 10.1. The minimum Gasteiger partial charge on any atom is -0.493 e. The summed E-state index contributed by atoms with van der Waals surface area (Å²) >= 11 is 0. The van der Waals surface area contributed by atoms with Gasteiger partial charge in [0.2, 0.25) is 10.0 Å². The number of rotatable bonds is 7. The van der Waals surface area contributed by atoms with Crippen LogP contribution in [0.4, 0.5) is 0 Å². The lowest BCUT2D eigenvalue weighted by Gasteiger charge is -2.34. The number of hydrogen-bond donors (Lipinski definition) is 0. The number of methoxy groups -OCH3 is 2. The van der Waals surface area contributed by atoms with E-state index in [1.54, 1.807) is 14.2 Å². The first-order valence-corrected chi connectivity index (χ1v) is 12.7. The zero-order chi connectivity index (χ0) is 21.9. The van der Waals surface area contributed by atoms with Crippen LogP contribution in [0.25, 0.3) is 0 Å². The fourth-order valence-corrected chi connectivity index (χ4v) is 6.50. The van der Waals surface area contributed by atoms with Gasteiger partial charge in [-0.25, -0.2) is 16.8 Å². The molecule has 0 radical (unpaired) electrons. The predicted octanol–water partition coefficient (Wildman–Crippen LogP) is 1.61. The maximum Gasteiger partial charge on any atom is 0.244 e. The first kappa shape index (κ1) is 22.5. The average molecular weight is 455 g/mol. The standard InChI is InChI=1S/C20H26N2O6S2/c1-27-17-9-8-16(14-18(17)28-2)15-21-10-12-22(13-11-21)30(25,26)20-7-5-4-6-19(20)29(3,23)24/h4-9,14H,10-13,15H2,1-3H3. The molecule has 164 valence electrons. The Morgan fingerprint density at radius 2 is 1.43 bits per heavy atom. The van der Waals surface area contributed by atoms with Crippen molar-refractivity contribution in [3.63, 3.8) is 0 Å². The average Bonchev–Trinajstić information content (AvgIpc) is 2.73. The summed E-state index contributed by atoms with van der Waals surface area (Å²) in [6, 6.07) is 11.4. The molecule has 3 rings (SSSR count). The Hall–Kier alpha value is -2.14. The Labute approximate surface area is 178 Å². The smallest absolute Gasteiger partial charge is 0.244 e. The Morgan fingerprint density at radius 1 is 0.833 bits per heavy atom. The molecule has 0 spiro atoms. The molecule has 1 aliphatic rings. The summed E-state index contributed by atoms with van der Waals surface area (Å²) in [7, 11) is -4.39. The molecular formula is C20H26N2O6S2. The fraction of sp³-hybridized carbons (Fsp3) is 0.400. The maximum atomic E-state index is 13.1. The Kier molecular flexibility index (Phi) is 6.71. The first-order valence-electron chi connectivity index (χ1n) is 9.39. The fourth-order valence-electron chi connectivity index (χ4n) is 3.47. The lowest BCUT2D eigenvalue weighted by molar-refractivity contribution is 0.181. The van der Waals surface area contributed by atoms with E-state index in [4.69, 9.17) is 9.47 Å². The number of ether oxygens (including phenoxy) is 2. The molecule has 2 aromatic carbocycles. The summed E-state index contributed by atoms with van der Waals surface area (Å²) in [5.74, 6) is 1.30. The van der Waals surface area contributed by atoms with E-state index in [0.717, 1.165) is 11.8 Å². The van der Waals surface area contributed by atoms with Crippen molar-refractivity contribution < 1.29 is 26.3 Å². The van der Waals surface area contributed by atoms with Crippen molar-refractivity contribution in [3.8, 4) is 11.5 Å². The lowest BCUT2D eigenvalue weighted by Crippen LogP contribution is -2.48. The van der Waals surface area contributed by atoms with E-state index in [1.807, 2.05) is 18.2 Å². The summed E-state index contributed by atoms with van der Waals surface area (Å²) < 4.78 is 62.2. The minimum absolute atomic E-state index is 0.166. The van der Waals surface area contributed by atoms with Crippen molar-refractivity contribution in [1.29, 1.82) is 0 Å². The molecule has 0 unspecified atom stereocenters. The van der Waals surface area contributed by atoms with Gasteiger partial charge in [-0.05, 0) is 29.8 Å². The zero-order valence-corrected chi connectivity index (χ0v) is 18.9. The van der Waals surface area contributed by atoms with Gasteiger partial charge in [-0.15, -0.1) is 0 Å². The van der Waals surface area contributed by atoms with Crippen molar-refractivity contribution in [2.75, 3.05) is 46.7 Å². The van der Waals surface area contributed by atoms with Gasteiger partial charge in [-0.1, -0.05) is 18.2 Å². The second kappa shape index (κ2) is 8.93. The highest BCUT2D eigenvalue weighted by Crippen LogP contribution is 2.29. The van der Waals surface area contributed by atoms with E-state index in [0.29, 0.717) is 31.1 Å². The number of hydrogen-bond acceptors (Lipinski definition) is 7. The van der Waals surface area contributed by atoms with Crippen molar-refractivity contribution in [2.24, 2.45) is 0 Å². The predicted molar refractivity (Wildman–Crippen MR) is 113 cm³/mol. The van der Waals surface area contributed by atoms with Gasteiger partial charge in [-0.3, -0.25) is 4.90 Å². The summed E-state index contributed by atoms with van der Waals surface area (Å²) in [4.78, 5) is 1.81. The topological polar surface area (TPSA) is 93.2 Å². The van der Waals surface area contributed by atoms with E-state index < -0.39 is 19.9 Å². The molecule has 2 aromatic rings. The number of benzene rings is 2. The molecule has 1 heterocycles. The Morgan fingerprint density at radius 3 is 2.00 bits per heavy atom. The normalized spacial score (nSPS) is 16.4. The Bertz CT molecular complexity index is 1110. The van der Waals surface area contributed by atoms with Crippen LogP contribution >= 0.6 is 0 Å². The number of sulfone groups is 1. The van der Waals surface area contributed by atoms with E-state index in [1.165, 1.54) is 28.6 Å². The Balaban J connectivity index is 1.72. The molecule has 0 saturated carbocycles. The summed E-state index contributed by atoms with van der Waals surface area (Å²) in [5, 5.41) is 0. The van der Waals surface area contributed by atoms with Crippen molar-refractivity contribution in [1.82, 2.24) is 9.21 Å². The van der Waals surface area contributed by atoms with Gasteiger partial charge in [0.05, 0.1) is 19.1 Å². The molecule has 30 heavy (non-hydrogen) atoms. The molecule has 1 aliphatic heterocycles. The summed E-state index contributed by atoms with van der Waals surface area (Å²) in [6.45, 7) is 2.29. The third-order valence-electron chi connectivity index (χ3n) is 5.05. The van der Waals surface area contributed by atoms with E-state index >= 15 is 0 Å². The minimum atomic E-state index is -3.90. The highest BCUT2D eigenvalue weighted by atomic mass is 32.2. The molecule has 1 fully saturated rings. The highest BCUT2D eigenvalue weighted by Gasteiger charge is 2.32. The van der Waals surface area contributed by atoms with Crippen LogP contribution in [0, 0.1) is 0 Å². The van der Waals surface area contributed by atoms with Gasteiger partial charge >= 0.3 is 0 Å². The van der Waals surface area contributed by atoms with E-state index in [-0.39, 0.29) is 22.9 Å². The highest BCUT2D eigenvalue weighted by molar-refractivity contribution is 7.93. The molecule has 0 amide bonds. The first-order chi connectivity index (χ1) is 14.2. The number of nitrogens with zero attached hydrogens (tertiary/aromatic N) is 2. The van der Waals surface area contributed by atoms with Gasteiger partial charge in [0.1, 0.15) is 4.90 Å². The SMILES string of the molecule is COc1ccc(CN2CCN(S(=O)(=O)c3ccccc3S(C)(=O)=O)CC2)cc1OC. The van der Waals surface area contributed by atoms with Gasteiger partial charge < -0.3 is 9.47 Å². The van der Waals surface area contributed by atoms with Crippen LogP contribution in [0.5, 0.6) is 11.5 Å². The number of piperazine rings is 1. The monoisotopic (exact) mass is 454 g/mol. The molecule has 0 N–H and O–H groups in total. The summed E-state index contributed by atoms with van der Waals surface area (Å²) in [5.41, 5.74) is 1.03. The van der Waals surface area contributed by atoms with Gasteiger partial charge in [0.25, 0.3) is 0 Å². The molecule has 8 nitrogen and oxygen atoms in total. The van der Waals surface area contributed by atoms with Crippen LogP contribution in [0.2, 0.25) is 0 Å². The quantitative estimate of drug-likeness (QED) is 0.627. The van der Waals surface area contributed by atoms with Gasteiger partial charge in [0, 0.05) is 39.0 Å². The maximum absolute atomic E-state index is 13.1. The third-order valence-corrected chi connectivity index (χ3v) is 8.29. The third kappa shape index (κ3) is 4.77. The second-order valence-corrected chi connectivity index (χ2v) is 11.0. The van der Waals surface area contributed by atoms with Crippen LogP contribution in [0.3, 0.4) is 0 Å². The largest absolute Gasteiger partial charge is 0.493 e. The van der Waals surface area contributed by atoms with Gasteiger partial charge in [-0.2, -0.15) is 4.31 Å². The van der Waals surface area contributed by atoms with E-state index in [9.17, 15) is 16.8 Å². The molecule has 10 heteroatoms. The second-order valence-electron chi connectivity index (χ2n) is 7.09. The van der Waals surface area contributed by atoms with Crippen LogP contribution in [-0.4, -0.2) is 72.7 Å². The molecular weight excluding hydrogens is 428 g/mol. The van der Waals surface area contributed by atoms with Gasteiger partial charge in [0.15, 0.2) is 21.3 Å². The zero-order valence-electron chi connectivity index (χ0n) is 17.2. The van der Waals surface area contributed by atoms with Crippen LogP contribution in [0.15, 0.2) is 52.3 Å². The van der Waals surface area contributed by atoms with Crippen LogP contribution < -0.4 is 9.47 Å². The number of sulfonamides is 1. The van der Waals surface area contributed by atoms with Crippen molar-refractivity contribution >= 4 is 19.9 Å². The van der Waals surface area contributed by atoms with Crippen molar-refractivity contribution in [3.05, 3.63) is 48.0 Å². The molecule has 0 bridgehead atoms. The molecule has 0 aliphatic carbocycles. The molecule has 1 saturated heterocycles. The molecule has 0 aromatic heterocycles. The summed E-state index contributed by atoms with van der Waals surface area (Å²) in [6.07, 6.45) is 1.02. The van der Waals surface area contributed by atoms with Crippen LogP contribution in [0.1, 0.15) is 5.56 Å². The van der Waals surface area contributed by atoms with E-state index in [2.05, 4.69) is 4.90 Å².